The van der Waals surface area contributed by atoms with Crippen molar-refractivity contribution in [3.63, 3.8) is 0 Å². The molecule has 4 nitrogen and oxygen atoms in total. The lowest BCUT2D eigenvalue weighted by atomic mass is 10.1. The van der Waals surface area contributed by atoms with Gasteiger partial charge in [-0.05, 0) is 55.5 Å². The van der Waals surface area contributed by atoms with Crippen LogP contribution in [0.15, 0.2) is 48.5 Å². The number of hydrogen-bond acceptors (Lipinski definition) is 2. The van der Waals surface area contributed by atoms with Crippen molar-refractivity contribution in [2.45, 2.75) is 45.1 Å². The molecule has 3 aromatic rings. The van der Waals surface area contributed by atoms with Gasteiger partial charge < -0.3 is 85.8 Å². The summed E-state index contributed by atoms with van der Waals surface area (Å²) in [7, 11) is 15.9. The van der Waals surface area contributed by atoms with E-state index in [2.05, 4.69) is 119 Å². The summed E-state index contributed by atoms with van der Waals surface area (Å²) >= 11 is 1.90. The number of para-hydroxylation sites is 1. The highest BCUT2D eigenvalue weighted by molar-refractivity contribution is 7.18. The van der Waals surface area contributed by atoms with Crippen LogP contribution >= 0.6 is 11.3 Å². The number of quaternary nitrogens is 2. The molecule has 0 saturated heterocycles. The van der Waals surface area contributed by atoms with Crippen molar-refractivity contribution in [3.05, 3.63) is 59.1 Å². The van der Waals surface area contributed by atoms with Gasteiger partial charge in [-0.1, -0.05) is 35.6 Å². The maximum atomic E-state index is 2.53. The molecule has 0 unspecified atom stereocenters. The number of hydrogen-bond donors (Lipinski definition) is 0. The molecule has 0 fully saturated rings. The van der Waals surface area contributed by atoms with E-state index in [-0.39, 0.29) is 71.9 Å². The lowest BCUT2D eigenvalue weighted by Gasteiger charge is -2.30. The maximum absolute atomic E-state index is 2.53. The van der Waals surface area contributed by atoms with Crippen molar-refractivity contribution in [2.75, 3.05) is 73.9 Å². The van der Waals surface area contributed by atoms with Gasteiger partial charge in [-0.15, -0.1) is 0 Å². The monoisotopic (exact) mass is 904 g/mol. The highest BCUT2D eigenvalue weighted by atomic mass is 127. The van der Waals surface area contributed by atoms with Gasteiger partial charge in [0.2, 0.25) is 5.52 Å². The molecule has 0 amide bonds. The van der Waals surface area contributed by atoms with Crippen LogP contribution in [-0.2, 0) is 6.54 Å². The number of nitrogens with zero attached hydrogens (tertiary/aromatic N) is 4. The van der Waals surface area contributed by atoms with Gasteiger partial charge >= 0.3 is 0 Å². The molecule has 0 bridgehead atoms. The third kappa shape index (κ3) is 14.0. The lowest BCUT2D eigenvalue weighted by Crippen LogP contribution is -3.00. The Bertz CT molecular complexity index is 1140. The number of anilines is 1. The SMILES string of the molecule is CN(C)c1ccc(C=Cc2sc3ccccc3[n+]2CCCC[N+](C)(C)CCCCCC[N+](C)(C)C)cc1.[I-].[I-].[I-]. The van der Waals surface area contributed by atoms with Crippen LogP contribution in [-0.4, -0.2) is 77.9 Å². The van der Waals surface area contributed by atoms with Crippen molar-refractivity contribution >= 4 is 39.4 Å². The molecule has 0 radical (unpaired) electrons. The minimum absolute atomic E-state index is 0. The number of aryl methyl sites for hydroxylation is 1. The van der Waals surface area contributed by atoms with Crippen LogP contribution in [0.2, 0.25) is 0 Å². The highest BCUT2D eigenvalue weighted by Gasteiger charge is 2.19. The standard InChI is InChI=1S/C32H51N4S.3HI/c1-33(2)29-21-18-28(19-22-29)20-23-32-34(30-16-10-11-17-31(30)37-32)24-12-15-27-36(6,7)26-14-9-8-13-25-35(3,4)5;;;/h10-11,16-23H,8-9,12-15,24-27H2,1-7H3;3*1H/q+3;;;/p-3. The lowest BCUT2D eigenvalue weighted by molar-refractivity contribution is -0.891. The first-order chi connectivity index (χ1) is 17.5. The van der Waals surface area contributed by atoms with Crippen molar-refractivity contribution in [3.8, 4) is 0 Å². The van der Waals surface area contributed by atoms with Crippen molar-refractivity contribution in [1.29, 1.82) is 0 Å². The highest BCUT2D eigenvalue weighted by Crippen LogP contribution is 2.23. The minimum Gasteiger partial charge on any atom is -1.00 e. The van der Waals surface area contributed by atoms with Gasteiger partial charge in [0.25, 0.3) is 5.01 Å². The Morgan fingerprint density at radius 2 is 1.27 bits per heavy atom. The fourth-order valence-corrected chi connectivity index (χ4v) is 5.95. The smallest absolute Gasteiger partial charge is 0.262 e. The Morgan fingerprint density at radius 1 is 0.700 bits per heavy atom. The van der Waals surface area contributed by atoms with E-state index in [0.29, 0.717) is 0 Å². The fourth-order valence-electron chi connectivity index (χ4n) is 4.86. The van der Waals surface area contributed by atoms with E-state index < -0.39 is 0 Å². The zero-order chi connectivity index (χ0) is 26.9. The molecular formula is C32H51I3N4S. The van der Waals surface area contributed by atoms with Crippen LogP contribution in [0.1, 0.15) is 49.1 Å². The largest absolute Gasteiger partial charge is 1.00 e. The summed E-state index contributed by atoms with van der Waals surface area (Å²) in [6.07, 6.45) is 12.5. The second kappa shape index (κ2) is 19.3. The van der Waals surface area contributed by atoms with Gasteiger partial charge in [-0.25, -0.2) is 0 Å². The first kappa shape index (κ1) is 40.0. The van der Waals surface area contributed by atoms with Crippen LogP contribution in [0.5, 0.6) is 0 Å². The van der Waals surface area contributed by atoms with Gasteiger partial charge in [0.05, 0.1) is 54.9 Å². The number of thiazole rings is 1. The summed E-state index contributed by atoms with van der Waals surface area (Å²) < 4.78 is 6.12. The average molecular weight is 905 g/mol. The van der Waals surface area contributed by atoms with Gasteiger partial charge in [0.1, 0.15) is 4.70 Å². The Balaban J connectivity index is 0.00000507. The average Bonchev–Trinajstić information content (AvgIpc) is 3.19. The first-order valence-electron chi connectivity index (χ1n) is 14.0. The van der Waals surface area contributed by atoms with Crippen molar-refractivity contribution in [2.24, 2.45) is 0 Å². The molecular weight excluding hydrogens is 853 g/mol. The zero-order valence-corrected chi connectivity index (χ0v) is 33.0. The summed E-state index contributed by atoms with van der Waals surface area (Å²) in [5.41, 5.74) is 3.83. The number of rotatable bonds is 15. The Morgan fingerprint density at radius 3 is 1.88 bits per heavy atom. The quantitative estimate of drug-likeness (QED) is 0.0714. The van der Waals surface area contributed by atoms with Gasteiger partial charge in [0, 0.05) is 44.8 Å². The molecule has 0 spiro atoms. The topological polar surface area (TPSA) is 7.12 Å². The third-order valence-electron chi connectivity index (χ3n) is 7.20. The van der Waals surface area contributed by atoms with Crippen LogP contribution in [0.3, 0.4) is 0 Å². The number of aromatic nitrogens is 1. The third-order valence-corrected chi connectivity index (χ3v) is 8.33. The van der Waals surface area contributed by atoms with Crippen molar-refractivity contribution in [1.82, 2.24) is 0 Å². The van der Waals surface area contributed by atoms with E-state index in [1.165, 1.54) is 84.6 Å². The van der Waals surface area contributed by atoms with E-state index in [9.17, 15) is 0 Å². The van der Waals surface area contributed by atoms with E-state index in [4.69, 9.17) is 0 Å². The Hall–Kier alpha value is -0.0200. The molecule has 40 heavy (non-hydrogen) atoms. The molecule has 226 valence electrons. The molecule has 0 saturated carbocycles. The molecule has 0 aliphatic carbocycles. The van der Waals surface area contributed by atoms with Gasteiger partial charge in [-0.3, -0.25) is 0 Å². The van der Waals surface area contributed by atoms with Gasteiger partial charge in [0.15, 0.2) is 6.54 Å². The fraction of sp³-hybridized carbons (Fsp3) is 0.531. The number of halogens is 3. The summed E-state index contributed by atoms with van der Waals surface area (Å²) in [5.74, 6) is 0. The number of fused-ring (bicyclic) bond motifs is 1. The predicted octanol–water partition coefficient (Wildman–Crippen LogP) is -2.44. The van der Waals surface area contributed by atoms with Crippen LogP contribution in [0, 0.1) is 0 Å². The Kier molecular flexibility index (Phi) is 19.3. The second-order valence-electron chi connectivity index (χ2n) is 12.4. The molecule has 0 N–H and O–H groups in total. The minimum atomic E-state index is 0. The summed E-state index contributed by atoms with van der Waals surface area (Å²) in [6, 6.07) is 17.6. The van der Waals surface area contributed by atoms with E-state index in [1.807, 2.05) is 11.3 Å². The Labute approximate surface area is 300 Å². The van der Waals surface area contributed by atoms with E-state index in [1.54, 1.807) is 0 Å². The second-order valence-corrected chi connectivity index (χ2v) is 13.5. The first-order valence-corrected chi connectivity index (χ1v) is 14.9. The molecule has 0 aliphatic heterocycles. The molecule has 0 aliphatic rings. The van der Waals surface area contributed by atoms with Crippen LogP contribution in [0.25, 0.3) is 22.4 Å². The maximum Gasteiger partial charge on any atom is 0.262 e. The molecule has 3 rings (SSSR count). The van der Waals surface area contributed by atoms with Crippen molar-refractivity contribution < 1.29 is 85.5 Å². The van der Waals surface area contributed by atoms with E-state index in [0.717, 1.165) is 15.5 Å². The normalized spacial score (nSPS) is 11.7. The number of unbranched alkanes of at least 4 members (excludes halogenated alkanes) is 4. The van der Waals surface area contributed by atoms with Crippen LogP contribution < -0.4 is 81.4 Å². The molecule has 1 heterocycles. The molecule has 2 aromatic carbocycles. The van der Waals surface area contributed by atoms with Crippen LogP contribution in [0.4, 0.5) is 5.69 Å². The summed E-state index contributed by atoms with van der Waals surface area (Å²) in [5, 5.41) is 1.33. The number of benzene rings is 2. The summed E-state index contributed by atoms with van der Waals surface area (Å²) in [4.78, 5) is 2.14. The zero-order valence-electron chi connectivity index (χ0n) is 25.7. The van der Waals surface area contributed by atoms with Gasteiger partial charge in [-0.2, -0.15) is 4.57 Å². The molecule has 8 heteroatoms. The van der Waals surface area contributed by atoms with E-state index >= 15 is 0 Å². The molecule has 0 atom stereocenters. The summed E-state index contributed by atoms with van der Waals surface area (Å²) in [6.45, 7) is 4.91. The molecule has 1 aromatic heterocycles. The predicted molar refractivity (Wildman–Crippen MR) is 164 cm³/mol.